The lowest BCUT2D eigenvalue weighted by atomic mass is 10.0. The van der Waals surface area contributed by atoms with Gasteiger partial charge in [0, 0.05) is 5.69 Å². The van der Waals surface area contributed by atoms with Gasteiger partial charge in [-0.15, -0.1) is 0 Å². The molecule has 0 radical (unpaired) electrons. The topological polar surface area (TPSA) is 49.4 Å². The van der Waals surface area contributed by atoms with E-state index in [0.29, 0.717) is 12.1 Å². The van der Waals surface area contributed by atoms with Gasteiger partial charge in [0.25, 0.3) is 0 Å². The number of hydrogen-bond donors (Lipinski definition) is 1. The highest BCUT2D eigenvalue weighted by Gasteiger charge is 2.14. The second-order valence-electron chi connectivity index (χ2n) is 7.99. The summed E-state index contributed by atoms with van der Waals surface area (Å²) < 4.78 is 38.3. The minimum absolute atomic E-state index is 0.606. The van der Waals surface area contributed by atoms with Crippen molar-refractivity contribution in [3.63, 3.8) is 0 Å². The Balaban J connectivity index is 2.19. The maximum atomic E-state index is 13.4. The van der Waals surface area contributed by atoms with Crippen LogP contribution < -0.4 is 4.72 Å². The number of nitrogens with zero attached hydrogens (tertiary/aromatic N) is 1. The Bertz CT molecular complexity index is 625. The molecule has 0 atom stereocenters. The third-order valence-electron chi connectivity index (χ3n) is 4.64. The second-order valence-corrected chi connectivity index (χ2v) is 9.74. The molecule has 0 saturated heterocycles. The zero-order valence-corrected chi connectivity index (χ0v) is 18.2. The highest BCUT2D eigenvalue weighted by molar-refractivity contribution is 7.92. The lowest BCUT2D eigenvalue weighted by Gasteiger charge is -2.20. The van der Waals surface area contributed by atoms with Gasteiger partial charge in [-0.2, -0.15) is 0 Å². The van der Waals surface area contributed by atoms with Crippen molar-refractivity contribution in [2.45, 2.75) is 71.4 Å². The summed E-state index contributed by atoms with van der Waals surface area (Å²) in [6.45, 7) is 8.74. The van der Waals surface area contributed by atoms with E-state index < -0.39 is 15.7 Å². The number of aryl methyl sites for hydroxylation is 1. The fourth-order valence-electron chi connectivity index (χ4n) is 3.10. The minimum Gasteiger partial charge on any atom is -0.304 e. The average molecular weight is 401 g/mol. The second kappa shape index (κ2) is 11.6. The van der Waals surface area contributed by atoms with Crippen LogP contribution in [0.5, 0.6) is 0 Å². The van der Waals surface area contributed by atoms with Gasteiger partial charge < -0.3 is 4.90 Å². The zero-order valence-electron chi connectivity index (χ0n) is 17.4. The van der Waals surface area contributed by atoms with Gasteiger partial charge in [0.2, 0.25) is 10.0 Å². The zero-order chi connectivity index (χ0) is 20.3. The van der Waals surface area contributed by atoms with Gasteiger partial charge in [0.15, 0.2) is 0 Å². The summed E-state index contributed by atoms with van der Waals surface area (Å²) in [5.74, 6) is 0. The molecular formula is C21H37FN2O2S. The van der Waals surface area contributed by atoms with Crippen LogP contribution in [0.2, 0.25) is 0 Å². The van der Waals surface area contributed by atoms with Crippen LogP contribution in [-0.4, -0.2) is 44.9 Å². The predicted octanol–water partition coefficient (Wildman–Crippen LogP) is 5.01. The maximum Gasteiger partial charge on any atom is 0.229 e. The standard InChI is InChI=1S/C21H37FN2O2S/c1-5-24(17-9-6-8-16-21(2,3)22)18-10-7-11-19-12-14-20(15-13-19)23-27(4,25)26/h12-15,23H,5-11,16-18H2,1-4H3. The number of unbranched alkanes of at least 4 members (excludes halogenated alkanes) is 3. The van der Waals surface area contributed by atoms with Gasteiger partial charge in [-0.25, -0.2) is 12.8 Å². The summed E-state index contributed by atoms with van der Waals surface area (Å²) in [7, 11) is -3.22. The van der Waals surface area contributed by atoms with Crippen molar-refractivity contribution < 1.29 is 12.8 Å². The van der Waals surface area contributed by atoms with E-state index in [2.05, 4.69) is 16.5 Å². The molecule has 0 aliphatic heterocycles. The van der Waals surface area contributed by atoms with Crippen molar-refractivity contribution in [3.05, 3.63) is 29.8 Å². The average Bonchev–Trinajstić information content (AvgIpc) is 2.55. The molecule has 1 N–H and O–H groups in total. The van der Waals surface area contributed by atoms with Crippen LogP contribution in [-0.2, 0) is 16.4 Å². The largest absolute Gasteiger partial charge is 0.304 e. The number of rotatable bonds is 14. The Morgan fingerprint density at radius 3 is 2.11 bits per heavy atom. The Hall–Kier alpha value is -1.14. The molecule has 1 rings (SSSR count). The quantitative estimate of drug-likeness (QED) is 0.447. The SMILES string of the molecule is CCN(CCCCCC(C)(C)F)CCCCc1ccc(NS(C)(=O)=O)cc1. The first-order valence-corrected chi connectivity index (χ1v) is 12.0. The van der Waals surface area contributed by atoms with Crippen molar-refractivity contribution in [2.75, 3.05) is 30.6 Å². The number of halogens is 1. The molecule has 156 valence electrons. The van der Waals surface area contributed by atoms with E-state index in [1.165, 1.54) is 5.56 Å². The molecule has 1 aromatic rings. The molecule has 0 unspecified atom stereocenters. The van der Waals surface area contributed by atoms with Gasteiger partial charge in [0.05, 0.1) is 6.26 Å². The van der Waals surface area contributed by atoms with Gasteiger partial charge in [0.1, 0.15) is 5.67 Å². The molecule has 0 bridgehead atoms. The summed E-state index contributed by atoms with van der Waals surface area (Å²) in [6.07, 6.45) is 8.27. The first-order valence-electron chi connectivity index (χ1n) is 10.1. The fraction of sp³-hybridized carbons (Fsp3) is 0.714. The molecule has 0 spiro atoms. The molecule has 0 amide bonds. The number of anilines is 1. The summed E-state index contributed by atoms with van der Waals surface area (Å²) in [5, 5.41) is 0. The number of alkyl halides is 1. The van der Waals surface area contributed by atoms with Crippen LogP contribution in [0, 0.1) is 0 Å². The fourth-order valence-corrected chi connectivity index (χ4v) is 3.67. The summed E-state index contributed by atoms with van der Waals surface area (Å²) in [4.78, 5) is 2.47. The third kappa shape index (κ3) is 12.8. The number of benzene rings is 1. The van der Waals surface area contributed by atoms with Crippen LogP contribution >= 0.6 is 0 Å². The number of sulfonamides is 1. The first-order chi connectivity index (χ1) is 12.6. The van der Waals surface area contributed by atoms with Crippen molar-refractivity contribution in [1.29, 1.82) is 0 Å². The van der Waals surface area contributed by atoms with E-state index >= 15 is 0 Å². The highest BCUT2D eigenvalue weighted by Crippen LogP contribution is 2.18. The van der Waals surface area contributed by atoms with E-state index in [1.807, 2.05) is 24.3 Å². The molecule has 0 saturated carbocycles. The highest BCUT2D eigenvalue weighted by atomic mass is 32.2. The Morgan fingerprint density at radius 1 is 1.00 bits per heavy atom. The summed E-state index contributed by atoms with van der Waals surface area (Å²) in [5.41, 5.74) is 0.796. The van der Waals surface area contributed by atoms with E-state index in [9.17, 15) is 12.8 Å². The van der Waals surface area contributed by atoms with Crippen LogP contribution in [0.25, 0.3) is 0 Å². The molecule has 0 heterocycles. The lowest BCUT2D eigenvalue weighted by molar-refractivity contribution is 0.193. The van der Waals surface area contributed by atoms with E-state index in [4.69, 9.17) is 0 Å². The van der Waals surface area contributed by atoms with Crippen molar-refractivity contribution in [1.82, 2.24) is 4.90 Å². The van der Waals surface area contributed by atoms with Gasteiger partial charge in [-0.1, -0.05) is 31.9 Å². The predicted molar refractivity (Wildman–Crippen MR) is 114 cm³/mol. The van der Waals surface area contributed by atoms with Crippen LogP contribution in [0.4, 0.5) is 10.1 Å². The Labute approximate surface area is 165 Å². The van der Waals surface area contributed by atoms with Crippen molar-refractivity contribution >= 4 is 15.7 Å². The third-order valence-corrected chi connectivity index (χ3v) is 5.25. The van der Waals surface area contributed by atoms with E-state index in [1.54, 1.807) is 13.8 Å². The lowest BCUT2D eigenvalue weighted by Crippen LogP contribution is -2.25. The van der Waals surface area contributed by atoms with Crippen molar-refractivity contribution in [3.8, 4) is 0 Å². The van der Waals surface area contributed by atoms with Crippen LogP contribution in [0.3, 0.4) is 0 Å². The van der Waals surface area contributed by atoms with Gasteiger partial charge in [-0.3, -0.25) is 4.72 Å². The molecule has 27 heavy (non-hydrogen) atoms. The van der Waals surface area contributed by atoms with Crippen LogP contribution in [0.15, 0.2) is 24.3 Å². The normalized spacial score (nSPS) is 12.5. The molecule has 6 heteroatoms. The first kappa shape index (κ1) is 23.9. The number of hydrogen-bond acceptors (Lipinski definition) is 3. The molecule has 0 aliphatic rings. The summed E-state index contributed by atoms with van der Waals surface area (Å²) >= 11 is 0. The molecule has 4 nitrogen and oxygen atoms in total. The van der Waals surface area contributed by atoms with Gasteiger partial charge >= 0.3 is 0 Å². The summed E-state index contributed by atoms with van der Waals surface area (Å²) in [6, 6.07) is 7.59. The van der Waals surface area contributed by atoms with Crippen LogP contribution in [0.1, 0.15) is 64.9 Å². The number of nitrogens with one attached hydrogen (secondary N) is 1. The van der Waals surface area contributed by atoms with E-state index in [-0.39, 0.29) is 0 Å². The van der Waals surface area contributed by atoms with Crippen molar-refractivity contribution in [2.24, 2.45) is 0 Å². The Kier molecular flexibility index (Phi) is 10.3. The monoisotopic (exact) mass is 400 g/mol. The molecule has 0 fully saturated rings. The maximum absolute atomic E-state index is 13.4. The smallest absolute Gasteiger partial charge is 0.229 e. The molecule has 0 aromatic heterocycles. The Morgan fingerprint density at radius 2 is 1.59 bits per heavy atom. The molecule has 0 aliphatic carbocycles. The minimum atomic E-state index is -3.22. The van der Waals surface area contributed by atoms with Gasteiger partial charge in [-0.05, 0) is 83.3 Å². The molecule has 1 aromatic carbocycles. The molecular weight excluding hydrogens is 363 g/mol. The van der Waals surface area contributed by atoms with E-state index in [0.717, 1.165) is 64.4 Å².